The Bertz CT molecular complexity index is 5190. The summed E-state index contributed by atoms with van der Waals surface area (Å²) in [6, 6.07) is 113. The van der Waals surface area contributed by atoms with Gasteiger partial charge in [-0.1, -0.05) is 289 Å². The molecule has 0 bridgehead atoms. The summed E-state index contributed by atoms with van der Waals surface area (Å²) < 4.78 is 5.38. The van der Waals surface area contributed by atoms with Crippen LogP contribution < -0.4 is 15.3 Å². The fourth-order valence-electron chi connectivity index (χ4n) is 13.0. The maximum atomic E-state index is 9.48. The number of benzene rings is 13. The molecule has 10 nitrogen and oxygen atoms in total. The summed E-state index contributed by atoms with van der Waals surface area (Å²) in [7, 11) is -1.45. The highest BCUT2D eigenvalue weighted by atomic mass is 79.9. The highest BCUT2D eigenvalue weighted by Crippen LogP contribution is 2.47. The molecule has 2 aliphatic rings. The molecule has 1 aliphatic carbocycles. The molecule has 0 saturated carbocycles. The van der Waals surface area contributed by atoms with Crippen LogP contribution in [0.1, 0.15) is 11.5 Å². The van der Waals surface area contributed by atoms with Gasteiger partial charge >= 0.3 is 7.12 Å². The first-order valence-electron chi connectivity index (χ1n) is 31.9. The molecular weight excluding hydrogens is 1240 g/mol. The lowest BCUT2D eigenvalue weighted by molar-refractivity contribution is 0.426. The van der Waals surface area contributed by atoms with Gasteiger partial charge in [-0.2, -0.15) is 0 Å². The van der Waals surface area contributed by atoms with Gasteiger partial charge in [-0.25, -0.2) is 0 Å². The normalized spacial score (nSPS) is 13.5. The monoisotopic (exact) mass is 1300 g/mol. The minimum Gasteiger partial charge on any atom is -0.423 e. The lowest BCUT2D eigenvalue weighted by atomic mass is 9.79. The standard InChI is InChI=1S/C42H30N4.C24H16BrN3.C18H16BNO2/c1-4-15-33(16-5-1)41-43-44-42(46(41)40-25-13-17-32-14-10-11-24-39(32)40)34-28-26-31(27-29-34)35-18-12-23-38(30-35)45(36-19-6-2-7-20-36)37-21-8-3-9-22-37;25-20-15-13-19(14-16-20)24-27-26-23(18-8-2-1-3-9-18)28(24)22-12-6-10-17-7-4-5-11-21(17)22;21-19(22)13-10-11-16-15-8-4-5-9-17(15)20(18(16)12-13)14-6-2-1-3-7-14/h1-30H;1-16H;1-12,15,17,21-22H. The Morgan fingerprint density at radius 1 is 0.344 bits per heavy atom. The number of allylic oxidation sites excluding steroid dienone is 2. The third-order valence-electron chi connectivity index (χ3n) is 17.5. The molecule has 12 heteroatoms. The largest absolute Gasteiger partial charge is 0.488 e. The maximum Gasteiger partial charge on any atom is 0.488 e. The molecule has 13 aromatic carbocycles. The number of para-hydroxylation sites is 3. The molecule has 96 heavy (non-hydrogen) atoms. The van der Waals surface area contributed by atoms with E-state index in [1.807, 2.05) is 78.9 Å². The first kappa shape index (κ1) is 60.4. The van der Waals surface area contributed by atoms with E-state index in [9.17, 15) is 10.0 Å². The highest BCUT2D eigenvalue weighted by Gasteiger charge is 2.38. The van der Waals surface area contributed by atoms with Gasteiger partial charge in [0.2, 0.25) is 0 Å². The Hall–Kier alpha value is -11.8. The lowest BCUT2D eigenvalue weighted by Crippen LogP contribution is -2.31. The topological polar surface area (TPSA) is 108 Å². The van der Waals surface area contributed by atoms with Crippen LogP contribution in [0.5, 0.6) is 0 Å². The van der Waals surface area contributed by atoms with Crippen LogP contribution in [0.15, 0.2) is 356 Å². The fourth-order valence-corrected chi connectivity index (χ4v) is 13.3. The van der Waals surface area contributed by atoms with Crippen molar-refractivity contribution in [3.63, 3.8) is 0 Å². The third kappa shape index (κ3) is 12.3. The fraction of sp³-hybridized carbons (Fsp3) is 0.0238. The van der Waals surface area contributed by atoms with Crippen molar-refractivity contribution in [1.82, 2.24) is 29.5 Å². The summed E-state index contributed by atoms with van der Waals surface area (Å²) in [4.78, 5) is 4.56. The third-order valence-corrected chi connectivity index (χ3v) is 18.1. The average Bonchev–Trinajstić information content (AvgIpc) is 1.62. The van der Waals surface area contributed by atoms with Crippen LogP contribution in [0.2, 0.25) is 0 Å². The van der Waals surface area contributed by atoms with Crippen molar-refractivity contribution in [2.45, 2.75) is 12.0 Å². The molecule has 2 atom stereocenters. The van der Waals surface area contributed by atoms with Crippen molar-refractivity contribution in [3.8, 4) is 68.1 Å². The molecule has 1 aliphatic heterocycles. The maximum absolute atomic E-state index is 9.48. The van der Waals surface area contributed by atoms with E-state index in [2.05, 4.69) is 312 Å². The van der Waals surface area contributed by atoms with Crippen LogP contribution in [0.4, 0.5) is 28.4 Å². The Labute approximate surface area is 566 Å². The first-order valence-corrected chi connectivity index (χ1v) is 32.7. The molecule has 0 saturated heterocycles. The molecular formula is C84H62BBrN8O2. The van der Waals surface area contributed by atoms with Gasteiger partial charge in [0, 0.05) is 71.9 Å². The van der Waals surface area contributed by atoms with Crippen molar-refractivity contribution in [1.29, 1.82) is 0 Å². The lowest BCUT2D eigenvalue weighted by Gasteiger charge is -2.28. The van der Waals surface area contributed by atoms with E-state index in [1.54, 1.807) is 6.07 Å². The molecule has 460 valence electrons. The molecule has 2 aromatic heterocycles. The summed E-state index contributed by atoms with van der Waals surface area (Å²) in [5.41, 5.74) is 15.7. The van der Waals surface area contributed by atoms with E-state index in [4.69, 9.17) is 10.2 Å². The molecule has 2 N–H and O–H groups in total. The zero-order valence-corrected chi connectivity index (χ0v) is 53.7. The van der Waals surface area contributed by atoms with Crippen LogP contribution in [-0.2, 0) is 0 Å². The SMILES string of the molecule is Brc1ccc(-c2nnc(-c3ccccc3)n2-c2cccc3ccccc23)cc1.OB(O)c1ccc2c(c1)N(c1ccccc1)C1C=CC=CC21.c1ccc(-c2nnc(-c3ccc(-c4cccc(N(c5ccccc5)c5ccccc5)c4)cc3)n2-c2cccc3ccccc23)cc1. The van der Waals surface area contributed by atoms with Crippen molar-refractivity contribution < 1.29 is 10.0 Å². The molecule has 15 aromatic rings. The zero-order valence-electron chi connectivity index (χ0n) is 52.1. The smallest absolute Gasteiger partial charge is 0.423 e. The molecule has 2 unspecified atom stereocenters. The predicted molar refractivity (Wildman–Crippen MR) is 397 cm³/mol. The quantitative estimate of drug-likeness (QED) is 0.117. The van der Waals surface area contributed by atoms with Crippen LogP contribution in [-0.4, -0.2) is 52.7 Å². The second-order valence-electron chi connectivity index (χ2n) is 23.4. The number of halogens is 1. The van der Waals surface area contributed by atoms with Gasteiger partial charge in [-0.3, -0.25) is 9.13 Å². The number of rotatable bonds is 12. The number of aromatic nitrogens is 6. The molecule has 0 fully saturated rings. The molecule has 0 radical (unpaired) electrons. The van der Waals surface area contributed by atoms with Gasteiger partial charge < -0.3 is 19.8 Å². The van der Waals surface area contributed by atoms with Crippen LogP contribution in [0.25, 0.3) is 89.6 Å². The second kappa shape index (κ2) is 27.4. The van der Waals surface area contributed by atoms with Gasteiger partial charge in [0.1, 0.15) is 0 Å². The molecule has 17 rings (SSSR count). The van der Waals surface area contributed by atoms with E-state index < -0.39 is 7.12 Å². The Morgan fingerprint density at radius 3 is 1.27 bits per heavy atom. The average molecular weight is 1310 g/mol. The molecule has 0 amide bonds. The summed E-state index contributed by atoms with van der Waals surface area (Å²) in [5.74, 6) is 3.56. The van der Waals surface area contributed by atoms with E-state index in [-0.39, 0.29) is 6.04 Å². The zero-order chi connectivity index (χ0) is 64.7. The summed E-state index contributed by atoms with van der Waals surface area (Å²) in [5, 5.41) is 42.3. The van der Waals surface area contributed by atoms with E-state index in [1.165, 1.54) is 21.7 Å². The van der Waals surface area contributed by atoms with Gasteiger partial charge in [-0.05, 0) is 112 Å². The van der Waals surface area contributed by atoms with Crippen LogP contribution in [0, 0.1) is 0 Å². The minimum atomic E-state index is -1.45. The van der Waals surface area contributed by atoms with Crippen molar-refractivity contribution in [3.05, 3.63) is 362 Å². The van der Waals surface area contributed by atoms with Crippen molar-refractivity contribution in [2.75, 3.05) is 9.80 Å². The van der Waals surface area contributed by atoms with E-state index in [0.29, 0.717) is 11.4 Å². The minimum absolute atomic E-state index is 0.230. The number of hydrogen-bond acceptors (Lipinski definition) is 8. The van der Waals surface area contributed by atoms with Gasteiger partial charge in [-0.15, -0.1) is 20.4 Å². The van der Waals surface area contributed by atoms with Gasteiger partial charge in [0.05, 0.1) is 17.4 Å². The number of anilines is 5. The molecule has 3 heterocycles. The van der Waals surface area contributed by atoms with Crippen LogP contribution in [0.3, 0.4) is 0 Å². The highest BCUT2D eigenvalue weighted by molar-refractivity contribution is 9.10. The van der Waals surface area contributed by atoms with Crippen molar-refractivity contribution >= 4 is 78.5 Å². The number of nitrogens with zero attached hydrogens (tertiary/aromatic N) is 8. The predicted octanol–water partition coefficient (Wildman–Crippen LogP) is 19.5. The number of fused-ring (bicyclic) bond motifs is 5. The second-order valence-corrected chi connectivity index (χ2v) is 24.3. The summed E-state index contributed by atoms with van der Waals surface area (Å²) in [6.07, 6.45) is 8.56. The van der Waals surface area contributed by atoms with E-state index in [0.717, 1.165) is 106 Å². The van der Waals surface area contributed by atoms with Crippen LogP contribution >= 0.6 is 15.9 Å². The van der Waals surface area contributed by atoms with Gasteiger partial charge in [0.25, 0.3) is 0 Å². The van der Waals surface area contributed by atoms with E-state index >= 15 is 0 Å². The molecule has 0 spiro atoms. The first-order chi connectivity index (χ1) is 47.4. The number of hydrogen-bond donors (Lipinski definition) is 2. The van der Waals surface area contributed by atoms with Crippen molar-refractivity contribution in [2.24, 2.45) is 0 Å². The van der Waals surface area contributed by atoms with Gasteiger partial charge in [0.15, 0.2) is 23.3 Å². The Kier molecular flexibility index (Phi) is 17.3. The summed E-state index contributed by atoms with van der Waals surface area (Å²) in [6.45, 7) is 0. The Morgan fingerprint density at radius 2 is 0.750 bits per heavy atom. The Balaban J connectivity index is 0.000000128. The summed E-state index contributed by atoms with van der Waals surface area (Å²) >= 11 is 3.51.